The largest absolute Gasteiger partial charge is 0.242 e. The molecule has 0 aromatic carbocycles. The fourth-order valence-electron chi connectivity index (χ4n) is 3.79. The van der Waals surface area contributed by atoms with Crippen molar-refractivity contribution in [3.63, 3.8) is 0 Å². The Bertz CT molecular complexity index is 309. The second-order valence-corrected chi connectivity index (χ2v) is 9.41. The Morgan fingerprint density at radius 1 is 1.11 bits per heavy atom. The summed E-state index contributed by atoms with van der Waals surface area (Å²) in [7, 11) is -0.926. The van der Waals surface area contributed by atoms with Crippen molar-refractivity contribution in [3.05, 3.63) is 0 Å². The molecular formula is C15H29NOS. The van der Waals surface area contributed by atoms with Gasteiger partial charge in [-0.1, -0.05) is 26.2 Å². The molecule has 0 aromatic rings. The molecule has 1 unspecified atom stereocenters. The normalized spacial score (nSPS) is 33.8. The molecule has 1 spiro atoms. The molecule has 0 amide bonds. The van der Waals surface area contributed by atoms with E-state index in [2.05, 4.69) is 32.4 Å². The van der Waals surface area contributed by atoms with Crippen molar-refractivity contribution in [3.8, 4) is 0 Å². The lowest BCUT2D eigenvalue weighted by Gasteiger charge is -2.41. The first-order valence-corrected chi connectivity index (χ1v) is 8.68. The van der Waals surface area contributed by atoms with Crippen molar-refractivity contribution in [1.29, 1.82) is 0 Å². The van der Waals surface area contributed by atoms with E-state index >= 15 is 0 Å². The summed E-state index contributed by atoms with van der Waals surface area (Å²) in [6.07, 6.45) is 9.46. The van der Waals surface area contributed by atoms with Gasteiger partial charge in [0.2, 0.25) is 0 Å². The quantitative estimate of drug-likeness (QED) is 0.813. The lowest BCUT2D eigenvalue weighted by atomic mass is 9.70. The van der Waals surface area contributed by atoms with Gasteiger partial charge < -0.3 is 0 Å². The van der Waals surface area contributed by atoms with Gasteiger partial charge in [-0.05, 0) is 57.8 Å². The van der Waals surface area contributed by atoms with Crippen LogP contribution < -0.4 is 4.72 Å². The third kappa shape index (κ3) is 2.82. The number of nitrogens with one attached hydrogen (secondary N) is 1. The molecule has 106 valence electrons. The predicted molar refractivity (Wildman–Crippen MR) is 78.7 cm³/mol. The first-order chi connectivity index (χ1) is 8.35. The van der Waals surface area contributed by atoms with Crippen LogP contribution in [0, 0.1) is 11.3 Å². The maximum Gasteiger partial charge on any atom is 0.0973 e. The van der Waals surface area contributed by atoms with Crippen LogP contribution in [0.4, 0.5) is 0 Å². The van der Waals surface area contributed by atoms with Gasteiger partial charge in [0.25, 0.3) is 0 Å². The zero-order chi connectivity index (χ0) is 13.4. The molecule has 0 radical (unpaired) electrons. The van der Waals surface area contributed by atoms with Crippen LogP contribution in [-0.2, 0) is 11.0 Å². The van der Waals surface area contributed by atoms with Crippen molar-refractivity contribution in [2.45, 2.75) is 83.4 Å². The van der Waals surface area contributed by atoms with Crippen LogP contribution in [0.25, 0.3) is 0 Å². The summed E-state index contributed by atoms with van der Waals surface area (Å²) < 4.78 is 15.7. The maximum atomic E-state index is 12.4. The summed E-state index contributed by atoms with van der Waals surface area (Å²) >= 11 is 0. The molecule has 0 aromatic heterocycles. The average molecular weight is 271 g/mol. The van der Waals surface area contributed by atoms with Gasteiger partial charge in [0.15, 0.2) is 0 Å². The SMILES string of the molecule is CC1CCC2(CCCCC2)[C@@H]1N[S@](=O)C(C)(C)C. The van der Waals surface area contributed by atoms with Gasteiger partial charge in [-0.15, -0.1) is 0 Å². The minimum Gasteiger partial charge on any atom is -0.242 e. The first kappa shape index (κ1) is 14.5. The molecule has 1 N–H and O–H groups in total. The predicted octanol–water partition coefficient (Wildman–Crippen LogP) is 3.79. The smallest absolute Gasteiger partial charge is 0.0973 e. The topological polar surface area (TPSA) is 29.1 Å². The van der Waals surface area contributed by atoms with Crippen molar-refractivity contribution in [2.75, 3.05) is 0 Å². The summed E-state index contributed by atoms with van der Waals surface area (Å²) in [5.41, 5.74) is 0.457. The highest BCUT2D eigenvalue weighted by atomic mass is 32.2. The second kappa shape index (κ2) is 5.24. The molecule has 0 heterocycles. The molecular weight excluding hydrogens is 242 g/mol. The van der Waals surface area contributed by atoms with E-state index in [-0.39, 0.29) is 4.75 Å². The van der Waals surface area contributed by atoms with Crippen LogP contribution in [-0.4, -0.2) is 15.0 Å². The van der Waals surface area contributed by atoms with Crippen molar-refractivity contribution in [2.24, 2.45) is 11.3 Å². The summed E-state index contributed by atoms with van der Waals surface area (Å²) in [4.78, 5) is 0. The van der Waals surface area contributed by atoms with Crippen LogP contribution in [0.1, 0.15) is 72.6 Å². The number of rotatable bonds is 2. The van der Waals surface area contributed by atoms with Crippen molar-refractivity contribution in [1.82, 2.24) is 4.72 Å². The fraction of sp³-hybridized carbons (Fsp3) is 1.00. The molecule has 2 nitrogen and oxygen atoms in total. The number of hydrogen-bond donors (Lipinski definition) is 1. The first-order valence-electron chi connectivity index (χ1n) is 7.53. The Morgan fingerprint density at radius 2 is 1.72 bits per heavy atom. The average Bonchev–Trinajstić information content (AvgIpc) is 2.58. The summed E-state index contributed by atoms with van der Waals surface area (Å²) in [5.74, 6) is 0.675. The second-order valence-electron chi connectivity index (χ2n) is 7.42. The van der Waals surface area contributed by atoms with E-state index in [0.717, 1.165) is 0 Å². The van der Waals surface area contributed by atoms with Gasteiger partial charge in [-0.3, -0.25) is 0 Å². The highest BCUT2D eigenvalue weighted by Crippen LogP contribution is 2.51. The van der Waals surface area contributed by atoms with E-state index in [1.54, 1.807) is 0 Å². The van der Waals surface area contributed by atoms with E-state index in [9.17, 15) is 4.21 Å². The van der Waals surface area contributed by atoms with Crippen LogP contribution >= 0.6 is 0 Å². The summed E-state index contributed by atoms with van der Waals surface area (Å²) in [5, 5.41) is 0. The van der Waals surface area contributed by atoms with Gasteiger partial charge in [-0.25, -0.2) is 8.93 Å². The number of hydrogen-bond acceptors (Lipinski definition) is 1. The van der Waals surface area contributed by atoms with Crippen molar-refractivity contribution < 1.29 is 4.21 Å². The van der Waals surface area contributed by atoms with Gasteiger partial charge >= 0.3 is 0 Å². The maximum absolute atomic E-state index is 12.4. The van der Waals surface area contributed by atoms with Gasteiger partial charge in [0, 0.05) is 6.04 Å². The molecule has 2 saturated carbocycles. The summed E-state index contributed by atoms with van der Waals surface area (Å²) in [6, 6.07) is 0.470. The highest BCUT2D eigenvalue weighted by Gasteiger charge is 2.47. The van der Waals surface area contributed by atoms with Crippen LogP contribution in [0.15, 0.2) is 0 Å². The Balaban J connectivity index is 2.10. The van der Waals surface area contributed by atoms with E-state index in [4.69, 9.17) is 0 Å². The molecule has 2 rings (SSSR count). The Hall–Kier alpha value is 0.110. The van der Waals surface area contributed by atoms with E-state index in [0.29, 0.717) is 17.4 Å². The molecule has 2 aliphatic rings. The van der Waals surface area contributed by atoms with Crippen LogP contribution in [0.5, 0.6) is 0 Å². The van der Waals surface area contributed by atoms with Gasteiger partial charge in [0.05, 0.1) is 15.7 Å². The Morgan fingerprint density at radius 3 is 2.28 bits per heavy atom. The highest BCUT2D eigenvalue weighted by molar-refractivity contribution is 7.84. The van der Waals surface area contributed by atoms with Crippen LogP contribution in [0.3, 0.4) is 0 Å². The van der Waals surface area contributed by atoms with E-state index in [1.807, 2.05) is 0 Å². The minimum absolute atomic E-state index is 0.155. The summed E-state index contributed by atoms with van der Waals surface area (Å²) in [6.45, 7) is 8.51. The molecule has 3 heteroatoms. The molecule has 2 fully saturated rings. The van der Waals surface area contributed by atoms with E-state index < -0.39 is 11.0 Å². The zero-order valence-corrected chi connectivity index (χ0v) is 13.2. The molecule has 0 bridgehead atoms. The molecule has 2 aliphatic carbocycles. The van der Waals surface area contributed by atoms with Crippen LogP contribution in [0.2, 0.25) is 0 Å². The minimum atomic E-state index is -0.926. The lowest BCUT2D eigenvalue weighted by molar-refractivity contribution is 0.152. The van der Waals surface area contributed by atoms with Gasteiger partial charge in [-0.2, -0.15) is 0 Å². The third-order valence-electron chi connectivity index (χ3n) is 4.97. The monoisotopic (exact) mass is 271 g/mol. The zero-order valence-electron chi connectivity index (χ0n) is 12.4. The molecule has 0 saturated heterocycles. The lowest BCUT2D eigenvalue weighted by Crippen LogP contribution is -2.49. The van der Waals surface area contributed by atoms with Crippen molar-refractivity contribution >= 4 is 11.0 Å². The standard InChI is InChI=1S/C15H29NOS/c1-12-8-11-15(9-6-5-7-10-15)13(12)16-18(17)14(2,3)4/h12-13,16H,5-11H2,1-4H3/t12?,13-,18-/m1/s1. The molecule has 3 atom stereocenters. The molecule has 0 aliphatic heterocycles. The van der Waals surface area contributed by atoms with Gasteiger partial charge in [0.1, 0.15) is 0 Å². The fourth-order valence-corrected chi connectivity index (χ4v) is 4.86. The third-order valence-corrected chi connectivity index (χ3v) is 6.55. The Labute approximate surface area is 115 Å². The Kier molecular flexibility index (Phi) is 4.23. The molecule has 18 heavy (non-hydrogen) atoms. The van der Waals surface area contributed by atoms with E-state index in [1.165, 1.54) is 44.9 Å².